The highest BCUT2D eigenvalue weighted by Gasteiger charge is 2.45. The van der Waals surface area contributed by atoms with Gasteiger partial charge < -0.3 is 5.11 Å². The van der Waals surface area contributed by atoms with E-state index in [1.54, 1.807) is 30.3 Å². The molecule has 0 amide bonds. The summed E-state index contributed by atoms with van der Waals surface area (Å²) in [5.74, 6) is -0.968. The van der Waals surface area contributed by atoms with Gasteiger partial charge in [0.15, 0.2) is 27.2 Å². The Morgan fingerprint density at radius 3 is 2.32 bits per heavy atom. The second kappa shape index (κ2) is 7.29. The van der Waals surface area contributed by atoms with Gasteiger partial charge in [-0.1, -0.05) is 18.2 Å². The molecular weight excluding hydrogens is 381 g/mol. The van der Waals surface area contributed by atoms with Crippen LogP contribution >= 0.6 is 0 Å². The Morgan fingerprint density at radius 1 is 1.07 bits per heavy atom. The highest BCUT2D eigenvalue weighted by molar-refractivity contribution is 7.92. The van der Waals surface area contributed by atoms with Gasteiger partial charge in [0.1, 0.15) is 0 Å². The van der Waals surface area contributed by atoms with Crippen LogP contribution in [0.3, 0.4) is 0 Å². The molecule has 0 bridgehead atoms. The molecule has 1 N–H and O–H groups in total. The van der Waals surface area contributed by atoms with Crippen molar-refractivity contribution in [2.24, 2.45) is 11.8 Å². The highest BCUT2D eigenvalue weighted by atomic mass is 32.2. The molecule has 148 valence electrons. The topological polar surface area (TPSA) is 74.7 Å². The van der Waals surface area contributed by atoms with Crippen LogP contribution in [0.1, 0.15) is 23.2 Å². The van der Waals surface area contributed by atoms with E-state index in [1.165, 1.54) is 12.1 Å². The van der Waals surface area contributed by atoms with Crippen molar-refractivity contribution in [1.29, 1.82) is 0 Å². The van der Waals surface area contributed by atoms with Crippen LogP contribution in [0.4, 0.5) is 4.39 Å². The van der Waals surface area contributed by atoms with E-state index < -0.39 is 21.4 Å². The fraction of sp³-hybridized carbons (Fsp3) is 0.381. The summed E-state index contributed by atoms with van der Waals surface area (Å²) in [7, 11) is -3.32. The molecule has 2 aliphatic rings. The van der Waals surface area contributed by atoms with Crippen molar-refractivity contribution in [3.63, 3.8) is 0 Å². The van der Waals surface area contributed by atoms with Crippen LogP contribution in [-0.2, 0) is 9.84 Å². The fourth-order valence-electron chi connectivity index (χ4n) is 4.50. The lowest BCUT2D eigenvalue weighted by Gasteiger charge is -2.18. The number of fused-ring (bicyclic) bond motifs is 1. The van der Waals surface area contributed by atoms with Gasteiger partial charge in [0.25, 0.3) is 0 Å². The number of phenols is 1. The van der Waals surface area contributed by atoms with Gasteiger partial charge in [-0.15, -0.1) is 0 Å². The molecule has 5 nitrogen and oxygen atoms in total. The quantitative estimate of drug-likeness (QED) is 0.777. The summed E-state index contributed by atoms with van der Waals surface area (Å²) in [5, 5.41) is 8.88. The van der Waals surface area contributed by atoms with Gasteiger partial charge in [-0.2, -0.15) is 0 Å². The molecule has 1 aliphatic carbocycles. The maximum absolute atomic E-state index is 13.5. The number of carbonyl (C=O) groups excluding carboxylic acids is 1. The molecule has 1 unspecified atom stereocenters. The summed E-state index contributed by atoms with van der Waals surface area (Å²) in [4.78, 5) is 14.8. The van der Waals surface area contributed by atoms with Crippen LogP contribution in [0, 0.1) is 17.7 Å². The van der Waals surface area contributed by atoms with E-state index in [4.69, 9.17) is 0 Å². The largest absolute Gasteiger partial charge is 0.505 e. The summed E-state index contributed by atoms with van der Waals surface area (Å²) in [6.07, 6.45) is 1.22. The van der Waals surface area contributed by atoms with Gasteiger partial charge in [0.2, 0.25) is 0 Å². The number of halogens is 1. The maximum Gasteiger partial charge on any atom is 0.181 e. The Kier molecular flexibility index (Phi) is 4.97. The Labute approximate surface area is 163 Å². The molecule has 0 radical (unpaired) electrons. The number of phenolic OH excluding ortho intramolecular Hbond substituents is 1. The van der Waals surface area contributed by atoms with Crippen LogP contribution < -0.4 is 0 Å². The van der Waals surface area contributed by atoms with Crippen LogP contribution in [0.15, 0.2) is 53.4 Å². The third kappa shape index (κ3) is 3.56. The van der Waals surface area contributed by atoms with E-state index in [9.17, 15) is 22.7 Å². The van der Waals surface area contributed by atoms with Crippen molar-refractivity contribution < 1.29 is 22.7 Å². The standard InChI is InChI=1S/C21H22FNO4S/c22-19-10-14(6-7-20(19)24)21(25)13-23-11-15-8-18(9-16(15)12-23)28(26,27)17-4-2-1-3-5-17/h1-7,10,15-16,18,24H,8-9,11-13H2/t15-,16+,18?. The van der Waals surface area contributed by atoms with Crippen LogP contribution in [-0.4, -0.2) is 49.1 Å². The first-order valence-corrected chi connectivity index (χ1v) is 10.9. The maximum atomic E-state index is 13.5. The Hall–Kier alpha value is -2.25. The molecule has 2 aromatic rings. The number of rotatable bonds is 5. The van der Waals surface area contributed by atoms with Crippen LogP contribution in [0.5, 0.6) is 5.75 Å². The minimum atomic E-state index is -3.32. The third-order valence-corrected chi connectivity index (χ3v) is 8.12. The predicted molar refractivity (Wildman–Crippen MR) is 102 cm³/mol. The number of Topliss-reactive ketones (excluding diaryl/α,β-unsaturated/α-hetero) is 1. The van der Waals surface area contributed by atoms with Gasteiger partial charge in [-0.3, -0.25) is 9.69 Å². The molecule has 1 saturated carbocycles. The third-order valence-electron chi connectivity index (χ3n) is 5.93. The number of hydrogen-bond donors (Lipinski definition) is 1. The minimum Gasteiger partial charge on any atom is -0.505 e. The molecule has 7 heteroatoms. The lowest BCUT2D eigenvalue weighted by atomic mass is 10.0. The van der Waals surface area contributed by atoms with Crippen molar-refractivity contribution in [3.8, 4) is 5.75 Å². The molecule has 2 aromatic carbocycles. The van der Waals surface area contributed by atoms with Crippen LogP contribution in [0.25, 0.3) is 0 Å². The van der Waals surface area contributed by atoms with Gasteiger partial charge >= 0.3 is 0 Å². The Bertz CT molecular complexity index is 979. The highest BCUT2D eigenvalue weighted by Crippen LogP contribution is 2.42. The Morgan fingerprint density at radius 2 is 1.71 bits per heavy atom. The lowest BCUT2D eigenvalue weighted by Crippen LogP contribution is -2.30. The zero-order valence-corrected chi connectivity index (χ0v) is 16.1. The van der Waals surface area contributed by atoms with E-state index in [-0.39, 0.29) is 35.0 Å². The van der Waals surface area contributed by atoms with Crippen molar-refractivity contribution in [2.75, 3.05) is 19.6 Å². The van der Waals surface area contributed by atoms with Crippen LogP contribution in [0.2, 0.25) is 0 Å². The number of aromatic hydroxyl groups is 1. The zero-order valence-electron chi connectivity index (χ0n) is 15.3. The fourth-order valence-corrected chi connectivity index (χ4v) is 6.42. The van der Waals surface area contributed by atoms with Gasteiger partial charge in [0, 0.05) is 18.7 Å². The van der Waals surface area contributed by atoms with E-state index in [2.05, 4.69) is 0 Å². The SMILES string of the molecule is O=C(CN1C[C@H]2CC(S(=O)(=O)c3ccccc3)C[C@H]2C1)c1ccc(O)c(F)c1. The number of likely N-dealkylation sites (tertiary alicyclic amines) is 1. The number of nitrogens with zero attached hydrogens (tertiary/aromatic N) is 1. The van der Waals surface area contributed by atoms with E-state index >= 15 is 0 Å². The first kappa shape index (κ1) is 19.1. The van der Waals surface area contributed by atoms with Crippen molar-refractivity contribution in [1.82, 2.24) is 4.90 Å². The molecule has 4 rings (SSSR count). The summed E-state index contributed by atoms with van der Waals surface area (Å²) < 4.78 is 39.2. The first-order valence-electron chi connectivity index (χ1n) is 9.37. The number of benzene rings is 2. The second-order valence-corrected chi connectivity index (χ2v) is 9.98. The Balaban J connectivity index is 1.38. The predicted octanol–water partition coefficient (Wildman–Crippen LogP) is 2.90. The summed E-state index contributed by atoms with van der Waals surface area (Å²) in [6.45, 7) is 1.53. The summed E-state index contributed by atoms with van der Waals surface area (Å²) >= 11 is 0. The minimum absolute atomic E-state index is 0.174. The molecule has 1 saturated heterocycles. The molecule has 0 spiro atoms. The smallest absolute Gasteiger partial charge is 0.181 e. The monoisotopic (exact) mass is 403 g/mol. The zero-order chi connectivity index (χ0) is 19.9. The molecule has 0 aromatic heterocycles. The molecule has 1 aliphatic heterocycles. The normalized spacial score (nSPS) is 25.0. The van der Waals surface area contributed by atoms with E-state index in [0.717, 1.165) is 6.07 Å². The molecule has 28 heavy (non-hydrogen) atoms. The number of carbonyl (C=O) groups is 1. The van der Waals surface area contributed by atoms with E-state index in [1.807, 2.05) is 4.90 Å². The summed E-state index contributed by atoms with van der Waals surface area (Å²) in [5.41, 5.74) is 0.233. The van der Waals surface area contributed by atoms with Gasteiger partial charge in [-0.25, -0.2) is 12.8 Å². The molecule has 2 fully saturated rings. The second-order valence-electron chi connectivity index (χ2n) is 7.76. The average molecular weight is 403 g/mol. The number of hydrogen-bond acceptors (Lipinski definition) is 5. The summed E-state index contributed by atoms with van der Waals surface area (Å²) in [6, 6.07) is 12.2. The average Bonchev–Trinajstić information content (AvgIpc) is 3.23. The van der Waals surface area contributed by atoms with Gasteiger partial charge in [0.05, 0.1) is 16.7 Å². The first-order chi connectivity index (χ1) is 13.3. The van der Waals surface area contributed by atoms with Crippen molar-refractivity contribution in [3.05, 3.63) is 59.9 Å². The van der Waals surface area contributed by atoms with Crippen molar-refractivity contribution >= 4 is 15.6 Å². The van der Waals surface area contributed by atoms with Crippen molar-refractivity contribution in [2.45, 2.75) is 23.0 Å². The molecule has 1 heterocycles. The van der Waals surface area contributed by atoms with E-state index in [0.29, 0.717) is 30.8 Å². The van der Waals surface area contributed by atoms with Gasteiger partial charge in [-0.05, 0) is 55.0 Å². The number of sulfone groups is 1. The molecular formula is C21H22FNO4S. The lowest BCUT2D eigenvalue weighted by molar-refractivity contribution is 0.0940. The number of ketones is 1. The molecule has 3 atom stereocenters.